The highest BCUT2D eigenvalue weighted by Crippen LogP contribution is 2.19. The molecule has 4 N–H and O–H groups in total. The number of nitrogens with zero attached hydrogens (tertiary/aromatic N) is 1. The number of nitrogen functional groups attached to an aromatic ring is 1. The normalized spacial score (nSPS) is 10.2. The number of phenols is 1. The van der Waals surface area contributed by atoms with Crippen molar-refractivity contribution in [1.29, 1.82) is 0 Å². The lowest BCUT2D eigenvalue weighted by molar-refractivity contribution is 0.0951. The van der Waals surface area contributed by atoms with Gasteiger partial charge in [-0.15, -0.1) is 0 Å². The molecule has 2 aromatic rings. The Labute approximate surface area is 124 Å². The molecule has 0 aliphatic carbocycles. The molecule has 2 rings (SSSR count). The molecule has 0 spiro atoms. The van der Waals surface area contributed by atoms with Crippen LogP contribution in [0, 0.1) is 0 Å². The molecule has 0 radical (unpaired) electrons. The minimum absolute atomic E-state index is 0.117. The maximum atomic E-state index is 12.1. The number of rotatable bonds is 4. The van der Waals surface area contributed by atoms with E-state index >= 15 is 0 Å². The molecule has 2 aromatic carbocycles. The standard InChI is InChI=1S/C16H19N3O2/c1-19(2)14-5-3-4-11(9-14)16(21)18-10-12-8-13(17)6-7-15(12)20/h3-9,20H,10,17H2,1-2H3,(H,18,21). The third kappa shape index (κ3) is 3.66. The van der Waals surface area contributed by atoms with Crippen LogP contribution < -0.4 is 16.0 Å². The second kappa shape index (κ2) is 6.17. The van der Waals surface area contributed by atoms with Crippen LogP contribution in [0.4, 0.5) is 11.4 Å². The molecule has 0 saturated carbocycles. The summed E-state index contributed by atoms with van der Waals surface area (Å²) in [6.45, 7) is 0.224. The van der Waals surface area contributed by atoms with E-state index < -0.39 is 0 Å². The van der Waals surface area contributed by atoms with E-state index in [2.05, 4.69) is 5.32 Å². The molecule has 110 valence electrons. The van der Waals surface area contributed by atoms with Crippen molar-refractivity contribution in [1.82, 2.24) is 5.32 Å². The fourth-order valence-electron chi connectivity index (χ4n) is 1.95. The van der Waals surface area contributed by atoms with E-state index in [1.165, 1.54) is 6.07 Å². The Bertz CT molecular complexity index is 654. The highest BCUT2D eigenvalue weighted by molar-refractivity contribution is 5.95. The second-order valence-corrected chi connectivity index (χ2v) is 5.02. The molecule has 0 aliphatic rings. The zero-order valence-corrected chi connectivity index (χ0v) is 12.1. The zero-order chi connectivity index (χ0) is 15.4. The smallest absolute Gasteiger partial charge is 0.251 e. The van der Waals surface area contributed by atoms with E-state index in [0.29, 0.717) is 16.8 Å². The number of benzene rings is 2. The monoisotopic (exact) mass is 285 g/mol. The molecule has 0 bridgehead atoms. The number of amides is 1. The van der Waals surface area contributed by atoms with Gasteiger partial charge in [-0.1, -0.05) is 6.07 Å². The van der Waals surface area contributed by atoms with E-state index in [1.807, 2.05) is 37.2 Å². The molecule has 0 aliphatic heterocycles. The van der Waals surface area contributed by atoms with E-state index in [0.717, 1.165) is 5.69 Å². The molecule has 21 heavy (non-hydrogen) atoms. The molecular formula is C16H19N3O2. The quantitative estimate of drug-likeness (QED) is 0.593. The van der Waals surface area contributed by atoms with Crippen molar-refractivity contribution in [3.8, 4) is 5.75 Å². The van der Waals surface area contributed by atoms with Crippen molar-refractivity contribution in [2.24, 2.45) is 0 Å². The second-order valence-electron chi connectivity index (χ2n) is 5.02. The Morgan fingerprint density at radius 3 is 2.71 bits per heavy atom. The van der Waals surface area contributed by atoms with Crippen LogP contribution in [0.15, 0.2) is 42.5 Å². The highest BCUT2D eigenvalue weighted by Gasteiger charge is 2.08. The molecule has 0 atom stereocenters. The number of hydrogen-bond acceptors (Lipinski definition) is 4. The van der Waals surface area contributed by atoms with Crippen LogP contribution in [0.1, 0.15) is 15.9 Å². The summed E-state index contributed by atoms with van der Waals surface area (Å²) >= 11 is 0. The summed E-state index contributed by atoms with van der Waals surface area (Å²) in [6, 6.07) is 12.1. The van der Waals surface area contributed by atoms with Gasteiger partial charge in [0.05, 0.1) is 0 Å². The Hall–Kier alpha value is -2.69. The van der Waals surface area contributed by atoms with Gasteiger partial charge in [-0.3, -0.25) is 4.79 Å². The number of aromatic hydroxyl groups is 1. The van der Waals surface area contributed by atoms with Crippen LogP contribution in [-0.4, -0.2) is 25.1 Å². The molecule has 1 amide bonds. The molecule has 0 aromatic heterocycles. The Balaban J connectivity index is 2.08. The molecule has 0 saturated heterocycles. The summed E-state index contributed by atoms with van der Waals surface area (Å²) in [4.78, 5) is 14.1. The average molecular weight is 285 g/mol. The van der Waals surface area contributed by atoms with Crippen LogP contribution in [-0.2, 0) is 6.54 Å². The number of carbonyl (C=O) groups is 1. The van der Waals surface area contributed by atoms with Gasteiger partial charge in [-0.05, 0) is 36.4 Å². The van der Waals surface area contributed by atoms with Crippen molar-refractivity contribution in [2.75, 3.05) is 24.7 Å². The highest BCUT2D eigenvalue weighted by atomic mass is 16.3. The van der Waals surface area contributed by atoms with Gasteiger partial charge >= 0.3 is 0 Å². The van der Waals surface area contributed by atoms with Crippen molar-refractivity contribution in [3.05, 3.63) is 53.6 Å². The summed E-state index contributed by atoms with van der Waals surface area (Å²) in [6.07, 6.45) is 0. The number of carbonyl (C=O) groups excluding carboxylic acids is 1. The largest absolute Gasteiger partial charge is 0.508 e. The van der Waals surface area contributed by atoms with Crippen molar-refractivity contribution >= 4 is 17.3 Å². The van der Waals surface area contributed by atoms with Crippen LogP contribution in [0.25, 0.3) is 0 Å². The first-order valence-corrected chi connectivity index (χ1v) is 6.60. The van der Waals surface area contributed by atoms with E-state index in [-0.39, 0.29) is 18.2 Å². The minimum atomic E-state index is -0.194. The number of nitrogens with one attached hydrogen (secondary N) is 1. The van der Waals surface area contributed by atoms with Crippen molar-refractivity contribution in [3.63, 3.8) is 0 Å². The van der Waals surface area contributed by atoms with E-state index in [4.69, 9.17) is 5.73 Å². The summed E-state index contributed by atoms with van der Waals surface area (Å²) in [5.41, 5.74) is 8.33. The number of hydrogen-bond donors (Lipinski definition) is 3. The van der Waals surface area contributed by atoms with Gasteiger partial charge < -0.3 is 21.1 Å². The number of anilines is 2. The maximum absolute atomic E-state index is 12.1. The molecule has 0 unspecified atom stereocenters. The van der Waals surface area contributed by atoms with Gasteiger partial charge in [0.1, 0.15) is 5.75 Å². The third-order valence-corrected chi connectivity index (χ3v) is 3.17. The molecule has 0 heterocycles. The van der Waals surface area contributed by atoms with Gasteiger partial charge in [0.2, 0.25) is 0 Å². The summed E-state index contributed by atoms with van der Waals surface area (Å²) in [7, 11) is 3.84. The lowest BCUT2D eigenvalue weighted by Gasteiger charge is -2.13. The van der Waals surface area contributed by atoms with Crippen molar-refractivity contribution in [2.45, 2.75) is 6.54 Å². The fraction of sp³-hybridized carbons (Fsp3) is 0.188. The topological polar surface area (TPSA) is 78.6 Å². The molecule has 0 fully saturated rings. The first-order chi connectivity index (χ1) is 9.97. The van der Waals surface area contributed by atoms with Crippen LogP contribution >= 0.6 is 0 Å². The Morgan fingerprint density at radius 1 is 1.24 bits per heavy atom. The predicted molar refractivity (Wildman–Crippen MR) is 84.5 cm³/mol. The first kappa shape index (κ1) is 14.7. The predicted octanol–water partition coefficient (Wildman–Crippen LogP) is 1.97. The number of phenolic OH excluding ortho intramolecular Hbond substituents is 1. The molecule has 5 heteroatoms. The Kier molecular flexibility index (Phi) is 4.33. The van der Waals surface area contributed by atoms with Gasteiger partial charge in [-0.2, -0.15) is 0 Å². The SMILES string of the molecule is CN(C)c1cccc(C(=O)NCc2cc(N)ccc2O)c1. The zero-order valence-electron chi connectivity index (χ0n) is 12.1. The van der Waals surface area contributed by atoms with Gasteiger partial charge in [0.15, 0.2) is 0 Å². The summed E-state index contributed by atoms with van der Waals surface area (Å²) in [5.74, 6) is -0.0768. The molecule has 5 nitrogen and oxygen atoms in total. The lowest BCUT2D eigenvalue weighted by atomic mass is 10.1. The number of nitrogens with two attached hydrogens (primary N) is 1. The van der Waals surface area contributed by atoms with Crippen molar-refractivity contribution < 1.29 is 9.90 Å². The summed E-state index contributed by atoms with van der Waals surface area (Å²) in [5, 5.41) is 12.5. The Morgan fingerprint density at radius 2 is 2.00 bits per heavy atom. The summed E-state index contributed by atoms with van der Waals surface area (Å²) < 4.78 is 0. The fourth-order valence-corrected chi connectivity index (χ4v) is 1.95. The lowest BCUT2D eigenvalue weighted by Crippen LogP contribution is -2.23. The third-order valence-electron chi connectivity index (χ3n) is 3.17. The van der Waals surface area contributed by atoms with E-state index in [1.54, 1.807) is 18.2 Å². The first-order valence-electron chi connectivity index (χ1n) is 6.60. The average Bonchev–Trinajstić information content (AvgIpc) is 2.48. The van der Waals surface area contributed by atoms with Crippen LogP contribution in [0.5, 0.6) is 5.75 Å². The van der Waals surface area contributed by atoms with Gasteiger partial charge in [-0.25, -0.2) is 0 Å². The van der Waals surface area contributed by atoms with E-state index in [9.17, 15) is 9.90 Å². The van der Waals surface area contributed by atoms with Crippen LogP contribution in [0.3, 0.4) is 0 Å². The van der Waals surface area contributed by atoms with Crippen LogP contribution in [0.2, 0.25) is 0 Å². The molecular weight excluding hydrogens is 266 g/mol. The van der Waals surface area contributed by atoms with Gasteiger partial charge in [0, 0.05) is 43.1 Å². The minimum Gasteiger partial charge on any atom is -0.508 e. The van der Waals surface area contributed by atoms with Gasteiger partial charge in [0.25, 0.3) is 5.91 Å². The maximum Gasteiger partial charge on any atom is 0.251 e.